The van der Waals surface area contributed by atoms with E-state index in [-0.39, 0.29) is 0 Å². The molecular weight excluding hydrogens is 434 g/mol. The minimum atomic E-state index is -0.731. The Morgan fingerprint density at radius 2 is 1.49 bits per heavy atom. The zero-order valence-electron chi connectivity index (χ0n) is 19.6. The van der Waals surface area contributed by atoms with Gasteiger partial charge in [-0.2, -0.15) is 0 Å². The monoisotopic (exact) mass is 463 g/mol. The zero-order chi connectivity index (χ0) is 24.3. The summed E-state index contributed by atoms with van der Waals surface area (Å²) >= 11 is 0. The number of carbonyl (C=O) groups is 1. The minimum Gasteiger partial charge on any atom is -0.481 e. The SMILES string of the molecule is O=C(O)C1(c2ccc(-c3ccc(-c4ccncc4C(O)CCCc4ccccc4)cc3)cc2)CC1. The van der Waals surface area contributed by atoms with Crippen LogP contribution in [0.1, 0.15) is 48.5 Å². The van der Waals surface area contributed by atoms with Crippen LogP contribution in [0.4, 0.5) is 0 Å². The molecule has 5 rings (SSSR count). The summed E-state index contributed by atoms with van der Waals surface area (Å²) in [7, 11) is 0. The van der Waals surface area contributed by atoms with E-state index in [0.29, 0.717) is 19.3 Å². The Kier molecular flexibility index (Phi) is 6.47. The first kappa shape index (κ1) is 23.0. The number of aliphatic carboxylic acids is 1. The van der Waals surface area contributed by atoms with Crippen LogP contribution >= 0.6 is 0 Å². The molecular formula is C31H29NO3. The molecule has 4 aromatic rings. The standard InChI is InChI=1S/C31H29NO3/c33-29(8-4-7-22-5-2-1-3-6-22)28-21-32-20-17-27(28)25-11-9-23(10-12-25)24-13-15-26(16-14-24)31(18-19-31)30(34)35/h1-3,5-6,9-17,20-21,29,33H,4,7-8,18-19H2,(H,34,35). The van der Waals surface area contributed by atoms with Crippen molar-refractivity contribution in [2.75, 3.05) is 0 Å². The van der Waals surface area contributed by atoms with Gasteiger partial charge in [0.15, 0.2) is 0 Å². The highest BCUT2D eigenvalue weighted by molar-refractivity contribution is 5.85. The van der Waals surface area contributed by atoms with Crippen LogP contribution in [0.15, 0.2) is 97.3 Å². The third-order valence-corrected chi connectivity index (χ3v) is 7.12. The Morgan fingerprint density at radius 1 is 0.857 bits per heavy atom. The number of aliphatic hydroxyl groups excluding tert-OH is 1. The van der Waals surface area contributed by atoms with Crippen LogP contribution in [0.25, 0.3) is 22.3 Å². The van der Waals surface area contributed by atoms with Crippen LogP contribution in [-0.2, 0) is 16.6 Å². The summed E-state index contributed by atoms with van der Waals surface area (Å²) in [5.41, 5.74) is 6.48. The molecule has 4 nitrogen and oxygen atoms in total. The fourth-order valence-electron chi connectivity index (χ4n) is 4.81. The molecule has 0 saturated heterocycles. The van der Waals surface area contributed by atoms with Gasteiger partial charge in [-0.1, -0.05) is 78.9 Å². The summed E-state index contributed by atoms with van der Waals surface area (Å²) in [5.74, 6) is -0.731. The molecule has 1 atom stereocenters. The maximum Gasteiger partial charge on any atom is 0.314 e. The van der Waals surface area contributed by atoms with E-state index in [1.54, 1.807) is 12.4 Å². The van der Waals surface area contributed by atoms with Crippen LogP contribution in [0.3, 0.4) is 0 Å². The van der Waals surface area contributed by atoms with E-state index in [1.165, 1.54) is 5.56 Å². The van der Waals surface area contributed by atoms with E-state index in [9.17, 15) is 15.0 Å². The number of carboxylic acid groups (broad SMARTS) is 1. The lowest BCUT2D eigenvalue weighted by atomic mass is 9.92. The molecule has 0 spiro atoms. The maximum absolute atomic E-state index is 11.6. The van der Waals surface area contributed by atoms with Crippen LogP contribution in [0.5, 0.6) is 0 Å². The number of aromatic nitrogens is 1. The zero-order valence-corrected chi connectivity index (χ0v) is 19.6. The molecule has 35 heavy (non-hydrogen) atoms. The van der Waals surface area contributed by atoms with Gasteiger partial charge in [-0.3, -0.25) is 9.78 Å². The summed E-state index contributed by atoms with van der Waals surface area (Å²) in [6, 6.07) is 28.5. The largest absolute Gasteiger partial charge is 0.481 e. The molecule has 1 aliphatic carbocycles. The average molecular weight is 464 g/mol. The Morgan fingerprint density at radius 3 is 2.11 bits per heavy atom. The van der Waals surface area contributed by atoms with Crippen molar-refractivity contribution in [3.05, 3.63) is 114 Å². The maximum atomic E-state index is 11.6. The van der Waals surface area contributed by atoms with Gasteiger partial charge in [0, 0.05) is 18.0 Å². The highest BCUT2D eigenvalue weighted by Crippen LogP contribution is 2.48. The predicted octanol–water partition coefficient (Wildman–Crippen LogP) is 6.59. The second kappa shape index (κ2) is 9.85. The van der Waals surface area contributed by atoms with E-state index in [1.807, 2.05) is 48.5 Å². The smallest absolute Gasteiger partial charge is 0.314 e. The van der Waals surface area contributed by atoms with Gasteiger partial charge in [-0.25, -0.2) is 0 Å². The van der Waals surface area contributed by atoms with Crippen molar-refractivity contribution in [2.24, 2.45) is 0 Å². The summed E-state index contributed by atoms with van der Waals surface area (Å²) in [6.45, 7) is 0. The fraction of sp³-hybridized carbons (Fsp3) is 0.226. The summed E-state index contributed by atoms with van der Waals surface area (Å²) in [5, 5.41) is 20.4. The van der Waals surface area contributed by atoms with Crippen molar-refractivity contribution < 1.29 is 15.0 Å². The summed E-state index contributed by atoms with van der Waals surface area (Å²) < 4.78 is 0. The Balaban J connectivity index is 1.29. The van der Waals surface area contributed by atoms with Gasteiger partial charge in [0.1, 0.15) is 0 Å². The molecule has 1 saturated carbocycles. The van der Waals surface area contributed by atoms with Gasteiger partial charge in [0.05, 0.1) is 11.5 Å². The quantitative estimate of drug-likeness (QED) is 0.294. The molecule has 1 aromatic heterocycles. The number of benzene rings is 3. The molecule has 0 radical (unpaired) electrons. The van der Waals surface area contributed by atoms with Gasteiger partial charge in [0.2, 0.25) is 0 Å². The van der Waals surface area contributed by atoms with Crippen LogP contribution in [0, 0.1) is 0 Å². The van der Waals surface area contributed by atoms with Gasteiger partial charge >= 0.3 is 5.97 Å². The normalized spacial score (nSPS) is 14.9. The number of aryl methyl sites for hydroxylation is 1. The molecule has 1 heterocycles. The number of hydrogen-bond donors (Lipinski definition) is 2. The van der Waals surface area contributed by atoms with Gasteiger partial charge in [-0.15, -0.1) is 0 Å². The topological polar surface area (TPSA) is 70.4 Å². The Hall–Kier alpha value is -3.76. The van der Waals surface area contributed by atoms with Crippen LogP contribution in [0.2, 0.25) is 0 Å². The van der Waals surface area contributed by atoms with Crippen molar-refractivity contribution in [3.63, 3.8) is 0 Å². The van der Waals surface area contributed by atoms with E-state index >= 15 is 0 Å². The molecule has 0 aliphatic heterocycles. The molecule has 4 heteroatoms. The lowest BCUT2D eigenvalue weighted by Gasteiger charge is -2.16. The van der Waals surface area contributed by atoms with Gasteiger partial charge in [-0.05, 0) is 71.6 Å². The number of pyridine rings is 1. The number of rotatable bonds is 9. The average Bonchev–Trinajstić information content (AvgIpc) is 3.72. The number of hydrogen-bond acceptors (Lipinski definition) is 3. The minimum absolute atomic E-state index is 0.571. The first-order valence-electron chi connectivity index (χ1n) is 12.2. The summed E-state index contributed by atoms with van der Waals surface area (Å²) in [6.07, 6.45) is 6.90. The molecule has 2 N–H and O–H groups in total. The molecule has 0 bridgehead atoms. The number of aliphatic hydroxyl groups is 1. The van der Waals surface area contributed by atoms with Gasteiger partial charge in [0.25, 0.3) is 0 Å². The first-order chi connectivity index (χ1) is 17.1. The van der Waals surface area contributed by atoms with E-state index in [2.05, 4.69) is 41.4 Å². The van der Waals surface area contributed by atoms with Crippen molar-refractivity contribution in [2.45, 2.75) is 43.6 Å². The third kappa shape index (κ3) is 4.89. The van der Waals surface area contributed by atoms with Crippen LogP contribution in [-0.4, -0.2) is 21.2 Å². The lowest BCUT2D eigenvalue weighted by molar-refractivity contribution is -0.140. The fourth-order valence-corrected chi connectivity index (χ4v) is 4.81. The second-order valence-corrected chi connectivity index (χ2v) is 9.40. The molecule has 1 fully saturated rings. The van der Waals surface area contributed by atoms with Gasteiger partial charge < -0.3 is 10.2 Å². The molecule has 0 amide bonds. The highest BCUT2D eigenvalue weighted by Gasteiger charge is 2.51. The molecule has 1 aliphatic rings. The van der Waals surface area contributed by atoms with E-state index in [0.717, 1.165) is 46.2 Å². The Labute approximate surface area is 205 Å². The van der Waals surface area contributed by atoms with Crippen molar-refractivity contribution in [1.29, 1.82) is 0 Å². The highest BCUT2D eigenvalue weighted by atomic mass is 16.4. The molecule has 176 valence electrons. The van der Waals surface area contributed by atoms with E-state index < -0.39 is 17.5 Å². The first-order valence-corrected chi connectivity index (χ1v) is 12.2. The summed E-state index contributed by atoms with van der Waals surface area (Å²) in [4.78, 5) is 15.9. The molecule has 1 unspecified atom stereocenters. The Bertz CT molecular complexity index is 1290. The van der Waals surface area contributed by atoms with E-state index in [4.69, 9.17) is 0 Å². The van der Waals surface area contributed by atoms with Crippen LogP contribution < -0.4 is 0 Å². The second-order valence-electron chi connectivity index (χ2n) is 9.40. The van der Waals surface area contributed by atoms with Crippen molar-refractivity contribution in [1.82, 2.24) is 4.98 Å². The number of nitrogens with zero attached hydrogens (tertiary/aromatic N) is 1. The third-order valence-electron chi connectivity index (χ3n) is 7.12. The van der Waals surface area contributed by atoms with Crippen molar-refractivity contribution in [3.8, 4) is 22.3 Å². The van der Waals surface area contributed by atoms with Crippen molar-refractivity contribution >= 4 is 5.97 Å². The number of carboxylic acids is 1. The lowest BCUT2D eigenvalue weighted by Crippen LogP contribution is -2.19. The molecule has 3 aromatic carbocycles. The predicted molar refractivity (Wildman–Crippen MR) is 138 cm³/mol.